The van der Waals surface area contributed by atoms with E-state index in [1.54, 1.807) is 0 Å². The maximum absolute atomic E-state index is 12.8. The highest BCUT2D eigenvalue weighted by Gasteiger charge is 2.17. The lowest BCUT2D eigenvalue weighted by Gasteiger charge is -2.12. The Morgan fingerprint density at radius 3 is 1.62 bits per heavy atom. The van der Waals surface area contributed by atoms with Gasteiger partial charge in [0.25, 0.3) is 0 Å². The van der Waals surface area contributed by atoms with E-state index in [2.05, 4.69) is 25.3 Å². The Labute approximate surface area is 148 Å². The molecule has 4 heteroatoms. The van der Waals surface area contributed by atoms with Gasteiger partial charge in [-0.2, -0.15) is 0 Å². The van der Waals surface area contributed by atoms with Gasteiger partial charge in [0, 0.05) is 9.81 Å². The van der Waals surface area contributed by atoms with Crippen molar-refractivity contribution in [3.63, 3.8) is 0 Å². The Morgan fingerprint density at radius 2 is 1.21 bits per heavy atom. The van der Waals surface area contributed by atoms with Crippen LogP contribution in [-0.4, -0.2) is 8.42 Å². The lowest BCUT2D eigenvalue weighted by atomic mass is 10.0. The molecule has 24 heavy (non-hydrogen) atoms. The van der Waals surface area contributed by atoms with Crippen LogP contribution in [0.2, 0.25) is 0 Å². The Hall–Kier alpha value is -1.78. The van der Waals surface area contributed by atoms with Crippen molar-refractivity contribution in [3.8, 4) is 0 Å². The summed E-state index contributed by atoms with van der Waals surface area (Å²) in [5.74, 6) is 0.889. The van der Waals surface area contributed by atoms with Crippen LogP contribution in [0.5, 0.6) is 0 Å². The third-order valence-corrected chi connectivity index (χ3v) is 7.14. The van der Waals surface area contributed by atoms with Crippen molar-refractivity contribution in [2.24, 2.45) is 0 Å². The minimum absolute atomic E-state index is 0.444. The molecule has 2 nitrogen and oxygen atoms in total. The molecule has 4 rings (SSSR count). The first kappa shape index (κ1) is 17.1. The SMILES string of the molecule is C=C1c2cccc(c2)C(=C)S(=O)Cc2cc(C)c(cc2C)CS1=O. The van der Waals surface area contributed by atoms with Crippen molar-refractivity contribution in [3.05, 3.63) is 82.9 Å². The molecule has 0 saturated carbocycles. The first-order valence-electron chi connectivity index (χ1n) is 7.71. The summed E-state index contributed by atoms with van der Waals surface area (Å²) in [5.41, 5.74) is 5.88. The molecule has 2 aliphatic heterocycles. The number of benzene rings is 2. The second-order valence-electron chi connectivity index (χ2n) is 6.11. The quantitative estimate of drug-likeness (QED) is 0.698. The summed E-state index contributed by atoms with van der Waals surface area (Å²) in [5, 5.41) is 0. The summed E-state index contributed by atoms with van der Waals surface area (Å²) >= 11 is 0. The van der Waals surface area contributed by atoms with Gasteiger partial charge in [0.15, 0.2) is 0 Å². The van der Waals surface area contributed by atoms with Crippen molar-refractivity contribution in [1.29, 1.82) is 0 Å². The van der Waals surface area contributed by atoms with Crippen molar-refractivity contribution < 1.29 is 8.42 Å². The van der Waals surface area contributed by atoms with E-state index in [4.69, 9.17) is 0 Å². The Bertz CT molecular complexity index is 839. The third-order valence-electron chi connectivity index (χ3n) is 4.42. The van der Waals surface area contributed by atoms with Crippen LogP contribution >= 0.6 is 0 Å². The Kier molecular flexibility index (Phi) is 4.70. The van der Waals surface area contributed by atoms with Crippen LogP contribution in [-0.2, 0) is 33.1 Å². The van der Waals surface area contributed by atoms with Crippen LogP contribution in [0.1, 0.15) is 33.4 Å². The summed E-state index contributed by atoms with van der Waals surface area (Å²) in [4.78, 5) is 1.19. The molecule has 0 N–H and O–H groups in total. The molecule has 2 aromatic rings. The summed E-state index contributed by atoms with van der Waals surface area (Å²) in [6, 6.07) is 11.7. The van der Waals surface area contributed by atoms with Crippen LogP contribution in [0.4, 0.5) is 0 Å². The fraction of sp³-hybridized carbons (Fsp3) is 0.200. The standard InChI is InChI=1S/C20H20O2S2/c1-13-8-20-12-24(22)16(4)18-7-5-6-17(10-18)15(3)23(21)11-19(13)9-14(20)2/h5-10H,3-4,11-12H2,1-2H3. The van der Waals surface area contributed by atoms with Crippen LogP contribution in [0.25, 0.3) is 9.81 Å². The van der Waals surface area contributed by atoms with Gasteiger partial charge in [-0.15, -0.1) is 0 Å². The van der Waals surface area contributed by atoms with Crippen molar-refractivity contribution in [2.75, 3.05) is 0 Å². The molecule has 0 radical (unpaired) electrons. The van der Waals surface area contributed by atoms with Crippen LogP contribution in [0, 0.1) is 13.8 Å². The fourth-order valence-electron chi connectivity index (χ4n) is 2.83. The average molecular weight is 357 g/mol. The maximum Gasteiger partial charge on any atom is 0.0574 e. The molecular formula is C20H20O2S2. The minimum Gasteiger partial charge on any atom is -0.254 e. The summed E-state index contributed by atoms with van der Waals surface area (Å²) in [6.07, 6.45) is 0. The molecule has 2 heterocycles. The zero-order chi connectivity index (χ0) is 17.4. The third kappa shape index (κ3) is 3.21. The van der Waals surface area contributed by atoms with E-state index in [0.717, 1.165) is 33.4 Å². The molecule has 2 unspecified atom stereocenters. The van der Waals surface area contributed by atoms with Crippen LogP contribution in [0.3, 0.4) is 0 Å². The predicted octanol–water partition coefficient (Wildman–Crippen LogP) is 4.46. The lowest BCUT2D eigenvalue weighted by molar-refractivity contribution is 0.687. The van der Waals surface area contributed by atoms with Crippen molar-refractivity contribution >= 4 is 31.4 Å². The van der Waals surface area contributed by atoms with Gasteiger partial charge >= 0.3 is 0 Å². The topological polar surface area (TPSA) is 34.1 Å². The van der Waals surface area contributed by atoms with Gasteiger partial charge in [0.1, 0.15) is 0 Å². The van der Waals surface area contributed by atoms with Gasteiger partial charge < -0.3 is 0 Å². The molecule has 4 bridgehead atoms. The minimum atomic E-state index is -1.20. The van der Waals surface area contributed by atoms with Gasteiger partial charge in [0.05, 0.1) is 33.1 Å². The van der Waals surface area contributed by atoms with Crippen LogP contribution < -0.4 is 0 Å². The first-order valence-corrected chi connectivity index (χ1v) is 10.3. The number of fused-ring (bicyclic) bond motifs is 6. The smallest absolute Gasteiger partial charge is 0.0574 e. The zero-order valence-electron chi connectivity index (χ0n) is 13.9. The summed E-state index contributed by atoms with van der Waals surface area (Å²) in [7, 11) is -2.40. The van der Waals surface area contributed by atoms with Gasteiger partial charge in [-0.05, 0) is 53.3 Å². The Morgan fingerprint density at radius 1 is 0.792 bits per heavy atom. The van der Waals surface area contributed by atoms with E-state index < -0.39 is 21.6 Å². The largest absolute Gasteiger partial charge is 0.254 e. The molecule has 2 aromatic carbocycles. The summed E-state index contributed by atoms with van der Waals surface area (Å²) in [6.45, 7) is 12.1. The molecule has 124 valence electrons. The highest BCUT2D eigenvalue weighted by molar-refractivity contribution is 7.94. The van der Waals surface area contributed by atoms with E-state index >= 15 is 0 Å². The summed E-state index contributed by atoms with van der Waals surface area (Å²) < 4.78 is 25.5. The predicted molar refractivity (Wildman–Crippen MR) is 104 cm³/mol. The molecule has 0 fully saturated rings. The number of hydrogen-bond acceptors (Lipinski definition) is 2. The van der Waals surface area contributed by atoms with Gasteiger partial charge in [-0.25, -0.2) is 0 Å². The van der Waals surface area contributed by atoms with E-state index in [1.165, 1.54) is 0 Å². The second-order valence-corrected chi connectivity index (χ2v) is 9.06. The maximum atomic E-state index is 12.8. The number of rotatable bonds is 0. The van der Waals surface area contributed by atoms with Crippen molar-refractivity contribution in [2.45, 2.75) is 25.4 Å². The average Bonchev–Trinajstić information content (AvgIpc) is 2.57. The number of hydrogen-bond donors (Lipinski definition) is 0. The zero-order valence-corrected chi connectivity index (χ0v) is 15.6. The molecule has 2 atom stereocenters. The van der Waals surface area contributed by atoms with Crippen LogP contribution in [0.15, 0.2) is 49.6 Å². The lowest BCUT2D eigenvalue weighted by Crippen LogP contribution is -2.03. The first-order chi connectivity index (χ1) is 11.4. The molecule has 0 saturated heterocycles. The normalized spacial score (nSPS) is 21.1. The molecular weight excluding hydrogens is 336 g/mol. The Balaban J connectivity index is 2.19. The van der Waals surface area contributed by atoms with E-state index in [1.807, 2.05) is 38.1 Å². The van der Waals surface area contributed by atoms with Gasteiger partial charge in [0.2, 0.25) is 0 Å². The van der Waals surface area contributed by atoms with E-state index in [0.29, 0.717) is 21.3 Å². The molecule has 0 aliphatic carbocycles. The molecule has 0 spiro atoms. The monoisotopic (exact) mass is 356 g/mol. The van der Waals surface area contributed by atoms with E-state index in [-0.39, 0.29) is 0 Å². The number of aryl methyl sites for hydroxylation is 2. The fourth-order valence-corrected chi connectivity index (χ4v) is 5.15. The van der Waals surface area contributed by atoms with Gasteiger partial charge in [-0.1, -0.05) is 43.5 Å². The highest BCUT2D eigenvalue weighted by atomic mass is 32.2. The molecule has 2 aliphatic rings. The highest BCUT2D eigenvalue weighted by Crippen LogP contribution is 2.29. The second kappa shape index (κ2) is 6.61. The van der Waals surface area contributed by atoms with Crippen molar-refractivity contribution in [1.82, 2.24) is 0 Å². The van der Waals surface area contributed by atoms with Gasteiger partial charge in [-0.3, -0.25) is 8.42 Å². The molecule has 0 aromatic heterocycles. The molecule has 0 amide bonds. The van der Waals surface area contributed by atoms with E-state index in [9.17, 15) is 8.42 Å².